The first kappa shape index (κ1) is 13.6. The normalized spacial score (nSPS) is 18.4. The van der Waals surface area contributed by atoms with Gasteiger partial charge in [-0.25, -0.2) is 9.18 Å². The highest BCUT2D eigenvalue weighted by molar-refractivity contribution is 5.95. The van der Waals surface area contributed by atoms with Crippen LogP contribution in [0.5, 0.6) is 0 Å². The summed E-state index contributed by atoms with van der Waals surface area (Å²) in [6, 6.07) is 2.43. The first-order valence-corrected chi connectivity index (χ1v) is 6.37. The quantitative estimate of drug-likeness (QED) is 0.808. The maximum Gasteiger partial charge on any atom is 0.337 e. The Kier molecular flexibility index (Phi) is 3.39. The molecule has 1 heterocycles. The SMILES string of the molecule is CC1(C)CCN(c2cc(C(=O)O)c(N)cc2F)CC1. The minimum absolute atomic E-state index is 0.0360. The third-order valence-electron chi connectivity index (χ3n) is 3.81. The third kappa shape index (κ3) is 2.80. The molecule has 1 fully saturated rings. The van der Waals surface area contributed by atoms with Crippen molar-refractivity contribution in [1.82, 2.24) is 0 Å². The van der Waals surface area contributed by atoms with Crippen molar-refractivity contribution in [2.24, 2.45) is 5.41 Å². The van der Waals surface area contributed by atoms with Crippen LogP contribution in [0.3, 0.4) is 0 Å². The molecule has 1 saturated heterocycles. The highest BCUT2D eigenvalue weighted by Crippen LogP contribution is 2.34. The predicted octanol–water partition coefficient (Wildman–Crippen LogP) is 2.73. The van der Waals surface area contributed by atoms with Gasteiger partial charge in [-0.3, -0.25) is 0 Å². The number of hydrogen-bond donors (Lipinski definition) is 2. The molecule has 3 N–H and O–H groups in total. The molecule has 0 amide bonds. The van der Waals surface area contributed by atoms with Crippen LogP contribution in [-0.4, -0.2) is 24.2 Å². The minimum Gasteiger partial charge on any atom is -0.478 e. The van der Waals surface area contributed by atoms with E-state index in [1.54, 1.807) is 0 Å². The Labute approximate surface area is 112 Å². The molecule has 1 aliphatic heterocycles. The lowest BCUT2D eigenvalue weighted by atomic mass is 9.82. The number of nitrogens with zero attached hydrogens (tertiary/aromatic N) is 1. The minimum atomic E-state index is -1.13. The molecule has 0 aromatic heterocycles. The second-order valence-corrected chi connectivity index (χ2v) is 5.85. The van der Waals surface area contributed by atoms with Gasteiger partial charge < -0.3 is 15.7 Å². The molecule has 0 bridgehead atoms. The van der Waals surface area contributed by atoms with Crippen LogP contribution >= 0.6 is 0 Å². The first-order chi connectivity index (χ1) is 8.80. The number of rotatable bonds is 2. The summed E-state index contributed by atoms with van der Waals surface area (Å²) in [5, 5.41) is 9.04. The maximum atomic E-state index is 14.0. The molecule has 1 aromatic rings. The van der Waals surface area contributed by atoms with E-state index in [0.717, 1.165) is 32.0 Å². The molecule has 0 spiro atoms. The van der Waals surface area contributed by atoms with Crippen molar-refractivity contribution in [2.75, 3.05) is 23.7 Å². The Bertz CT molecular complexity index is 504. The van der Waals surface area contributed by atoms with Gasteiger partial charge in [0.1, 0.15) is 5.82 Å². The number of aromatic carboxylic acids is 1. The van der Waals surface area contributed by atoms with Crippen LogP contribution in [0, 0.1) is 11.2 Å². The molecule has 19 heavy (non-hydrogen) atoms. The average molecular weight is 266 g/mol. The van der Waals surface area contributed by atoms with E-state index in [0.29, 0.717) is 5.69 Å². The summed E-state index contributed by atoms with van der Waals surface area (Å²) >= 11 is 0. The molecule has 0 aliphatic carbocycles. The molecule has 0 atom stereocenters. The zero-order valence-electron chi connectivity index (χ0n) is 11.2. The van der Waals surface area contributed by atoms with Gasteiger partial charge in [-0.1, -0.05) is 13.8 Å². The molecular formula is C14H19FN2O2. The Hall–Kier alpha value is -1.78. The van der Waals surface area contributed by atoms with E-state index >= 15 is 0 Å². The van der Waals surface area contributed by atoms with Gasteiger partial charge in [0.15, 0.2) is 0 Å². The van der Waals surface area contributed by atoms with Crippen molar-refractivity contribution in [3.05, 3.63) is 23.5 Å². The summed E-state index contributed by atoms with van der Waals surface area (Å²) in [6.07, 6.45) is 1.92. The molecule has 1 aliphatic rings. The Morgan fingerprint density at radius 2 is 1.95 bits per heavy atom. The summed E-state index contributed by atoms with van der Waals surface area (Å²) < 4.78 is 14.0. The number of hydrogen-bond acceptors (Lipinski definition) is 3. The van der Waals surface area contributed by atoms with Crippen LogP contribution in [0.2, 0.25) is 0 Å². The van der Waals surface area contributed by atoms with E-state index < -0.39 is 11.8 Å². The summed E-state index contributed by atoms with van der Waals surface area (Å²) in [4.78, 5) is 12.9. The number of anilines is 2. The number of nitrogen functional groups attached to an aromatic ring is 1. The van der Waals surface area contributed by atoms with Crippen molar-refractivity contribution in [3.63, 3.8) is 0 Å². The fraction of sp³-hybridized carbons (Fsp3) is 0.500. The lowest BCUT2D eigenvalue weighted by Gasteiger charge is -2.38. The summed E-state index contributed by atoms with van der Waals surface area (Å²) in [7, 11) is 0. The molecule has 0 unspecified atom stereocenters. The number of carboxylic acid groups (broad SMARTS) is 1. The molecular weight excluding hydrogens is 247 g/mol. The van der Waals surface area contributed by atoms with Gasteiger partial charge in [-0.2, -0.15) is 0 Å². The molecule has 0 radical (unpaired) electrons. The molecule has 4 nitrogen and oxygen atoms in total. The number of carboxylic acids is 1. The van der Waals surface area contributed by atoms with Gasteiger partial charge >= 0.3 is 5.97 Å². The monoisotopic (exact) mass is 266 g/mol. The van der Waals surface area contributed by atoms with E-state index in [1.165, 1.54) is 6.07 Å². The van der Waals surface area contributed by atoms with Crippen LogP contribution in [0.1, 0.15) is 37.0 Å². The highest BCUT2D eigenvalue weighted by Gasteiger charge is 2.27. The van der Waals surface area contributed by atoms with Gasteiger partial charge in [-0.05, 0) is 30.4 Å². The van der Waals surface area contributed by atoms with Crippen molar-refractivity contribution in [3.8, 4) is 0 Å². The van der Waals surface area contributed by atoms with Crippen molar-refractivity contribution >= 4 is 17.3 Å². The van der Waals surface area contributed by atoms with Crippen LogP contribution in [0.15, 0.2) is 12.1 Å². The van der Waals surface area contributed by atoms with Gasteiger partial charge in [0.2, 0.25) is 0 Å². The van der Waals surface area contributed by atoms with Gasteiger partial charge in [-0.15, -0.1) is 0 Å². The van der Waals surface area contributed by atoms with E-state index in [1.807, 2.05) is 4.90 Å². The van der Waals surface area contributed by atoms with Crippen molar-refractivity contribution in [2.45, 2.75) is 26.7 Å². The number of piperidine rings is 1. The Morgan fingerprint density at radius 1 is 1.37 bits per heavy atom. The smallest absolute Gasteiger partial charge is 0.337 e. The van der Waals surface area contributed by atoms with E-state index in [-0.39, 0.29) is 16.7 Å². The van der Waals surface area contributed by atoms with Crippen LogP contribution in [0.4, 0.5) is 15.8 Å². The molecule has 5 heteroatoms. The Morgan fingerprint density at radius 3 is 2.47 bits per heavy atom. The molecule has 1 aromatic carbocycles. The second-order valence-electron chi connectivity index (χ2n) is 5.85. The largest absolute Gasteiger partial charge is 0.478 e. The maximum absolute atomic E-state index is 14.0. The number of carbonyl (C=O) groups is 1. The van der Waals surface area contributed by atoms with E-state index in [4.69, 9.17) is 10.8 Å². The zero-order valence-corrected chi connectivity index (χ0v) is 11.2. The number of nitrogens with two attached hydrogens (primary N) is 1. The molecule has 0 saturated carbocycles. The van der Waals surface area contributed by atoms with E-state index in [2.05, 4.69) is 13.8 Å². The predicted molar refractivity (Wildman–Crippen MR) is 73.0 cm³/mol. The first-order valence-electron chi connectivity index (χ1n) is 6.37. The molecule has 2 rings (SSSR count). The number of benzene rings is 1. The average Bonchev–Trinajstić information content (AvgIpc) is 2.29. The number of halogens is 1. The lowest BCUT2D eigenvalue weighted by molar-refractivity contribution is 0.0698. The van der Waals surface area contributed by atoms with Crippen molar-refractivity contribution < 1.29 is 14.3 Å². The van der Waals surface area contributed by atoms with Gasteiger partial charge in [0, 0.05) is 18.8 Å². The lowest BCUT2D eigenvalue weighted by Crippen LogP contribution is -2.37. The van der Waals surface area contributed by atoms with Crippen LogP contribution in [0.25, 0.3) is 0 Å². The summed E-state index contributed by atoms with van der Waals surface area (Å²) in [5.41, 5.74) is 6.04. The van der Waals surface area contributed by atoms with Crippen LogP contribution < -0.4 is 10.6 Å². The summed E-state index contributed by atoms with van der Waals surface area (Å²) in [5.74, 6) is -1.58. The van der Waals surface area contributed by atoms with Gasteiger partial charge in [0.05, 0.1) is 11.3 Å². The summed E-state index contributed by atoms with van der Waals surface area (Å²) in [6.45, 7) is 5.83. The highest BCUT2D eigenvalue weighted by atomic mass is 19.1. The second kappa shape index (κ2) is 4.72. The fourth-order valence-corrected chi connectivity index (χ4v) is 2.36. The van der Waals surface area contributed by atoms with Crippen LogP contribution in [-0.2, 0) is 0 Å². The zero-order chi connectivity index (χ0) is 14.2. The molecule has 104 valence electrons. The topological polar surface area (TPSA) is 66.6 Å². The van der Waals surface area contributed by atoms with Gasteiger partial charge in [0.25, 0.3) is 0 Å². The Balaban J connectivity index is 2.30. The van der Waals surface area contributed by atoms with E-state index in [9.17, 15) is 9.18 Å². The fourth-order valence-electron chi connectivity index (χ4n) is 2.36. The standard InChI is InChI=1S/C14H19FN2O2/c1-14(2)3-5-17(6-4-14)12-7-9(13(18)19)11(16)8-10(12)15/h7-8H,3-6,16H2,1-2H3,(H,18,19). The van der Waals surface area contributed by atoms with Crippen molar-refractivity contribution in [1.29, 1.82) is 0 Å². The third-order valence-corrected chi connectivity index (χ3v) is 3.81.